The highest BCUT2D eigenvalue weighted by molar-refractivity contribution is 5.75. The van der Waals surface area contributed by atoms with Gasteiger partial charge in [-0.15, -0.1) is 0 Å². The van der Waals surface area contributed by atoms with Crippen molar-refractivity contribution in [2.45, 2.75) is 0 Å². The van der Waals surface area contributed by atoms with Crippen molar-refractivity contribution in [3.63, 3.8) is 0 Å². The molecule has 1 aromatic heterocycles. The lowest BCUT2D eigenvalue weighted by Gasteiger charge is -2.01. The van der Waals surface area contributed by atoms with E-state index in [9.17, 15) is 4.79 Å². The Balaban J connectivity index is 2.21. The Morgan fingerprint density at radius 3 is 3.00 bits per heavy atom. The van der Waals surface area contributed by atoms with E-state index in [4.69, 9.17) is 4.74 Å². The van der Waals surface area contributed by atoms with Crippen molar-refractivity contribution >= 4 is 6.29 Å². The summed E-state index contributed by atoms with van der Waals surface area (Å²) in [5.41, 5.74) is 0.568. The first kappa shape index (κ1) is 8.50. The van der Waals surface area contributed by atoms with Crippen LogP contribution in [0.15, 0.2) is 41.2 Å². The van der Waals surface area contributed by atoms with E-state index in [0.717, 1.165) is 6.29 Å². The minimum atomic E-state index is 0.507. The van der Waals surface area contributed by atoms with Gasteiger partial charge in [-0.2, -0.15) is 0 Å². The molecule has 0 radical (unpaired) electrons. The van der Waals surface area contributed by atoms with Crippen LogP contribution in [0.2, 0.25) is 0 Å². The predicted molar refractivity (Wildman–Crippen MR) is 48.4 cm³/mol. The molecular weight excluding hydrogens is 182 g/mol. The lowest BCUT2D eigenvalue weighted by atomic mass is 10.2. The third kappa shape index (κ3) is 1.80. The first-order valence-electron chi connectivity index (χ1n) is 4.01. The Hall–Kier alpha value is -2.10. The first-order valence-corrected chi connectivity index (χ1v) is 4.01. The van der Waals surface area contributed by atoms with Crippen LogP contribution in [-0.4, -0.2) is 11.4 Å². The number of benzene rings is 1. The zero-order chi connectivity index (χ0) is 9.80. The number of ether oxygens (including phenoxy) is 1. The van der Waals surface area contributed by atoms with Crippen LogP contribution in [0.3, 0.4) is 0 Å². The molecule has 2 rings (SSSR count). The third-order valence-corrected chi connectivity index (χ3v) is 1.64. The molecule has 4 heteroatoms. The van der Waals surface area contributed by atoms with Gasteiger partial charge in [0.15, 0.2) is 12.0 Å². The van der Waals surface area contributed by atoms with Gasteiger partial charge in [-0.3, -0.25) is 4.79 Å². The van der Waals surface area contributed by atoms with Crippen LogP contribution < -0.4 is 4.74 Å². The van der Waals surface area contributed by atoms with Crippen molar-refractivity contribution in [1.82, 2.24) is 5.16 Å². The predicted octanol–water partition coefficient (Wildman–Crippen LogP) is 2.28. The zero-order valence-corrected chi connectivity index (χ0v) is 7.21. The standard InChI is InChI=1S/C10H7NO3/c12-6-8-2-1-3-9(4-8)14-10-5-11-13-7-10/h1-7H. The molecule has 1 heterocycles. The number of carbonyl (C=O) groups is 1. The zero-order valence-electron chi connectivity index (χ0n) is 7.21. The second kappa shape index (κ2) is 3.74. The summed E-state index contributed by atoms with van der Waals surface area (Å²) in [7, 11) is 0. The molecule has 14 heavy (non-hydrogen) atoms. The first-order chi connectivity index (χ1) is 6.88. The molecular formula is C10H7NO3. The molecule has 0 fully saturated rings. The van der Waals surface area contributed by atoms with E-state index in [1.54, 1.807) is 24.3 Å². The van der Waals surface area contributed by atoms with E-state index >= 15 is 0 Å². The van der Waals surface area contributed by atoms with Gasteiger partial charge in [-0.05, 0) is 12.1 Å². The van der Waals surface area contributed by atoms with Gasteiger partial charge in [-0.25, -0.2) is 0 Å². The Kier molecular flexibility index (Phi) is 2.27. The minimum Gasteiger partial charge on any atom is -0.452 e. The van der Waals surface area contributed by atoms with Crippen molar-refractivity contribution < 1.29 is 14.1 Å². The molecule has 70 valence electrons. The van der Waals surface area contributed by atoms with Crippen molar-refractivity contribution in [1.29, 1.82) is 0 Å². The largest absolute Gasteiger partial charge is 0.452 e. The Bertz CT molecular complexity index is 423. The molecule has 0 aliphatic carbocycles. The molecule has 0 saturated carbocycles. The molecule has 0 spiro atoms. The Labute approximate surface area is 80.1 Å². The summed E-state index contributed by atoms with van der Waals surface area (Å²) in [5, 5.41) is 3.49. The third-order valence-electron chi connectivity index (χ3n) is 1.64. The average molecular weight is 189 g/mol. The Morgan fingerprint density at radius 2 is 2.29 bits per heavy atom. The van der Waals surface area contributed by atoms with Gasteiger partial charge >= 0.3 is 0 Å². The SMILES string of the molecule is O=Cc1cccc(Oc2cnoc2)c1. The summed E-state index contributed by atoms with van der Waals surface area (Å²) in [6, 6.07) is 6.83. The van der Waals surface area contributed by atoms with Crippen molar-refractivity contribution in [3.8, 4) is 11.5 Å². The van der Waals surface area contributed by atoms with E-state index in [0.29, 0.717) is 17.1 Å². The van der Waals surface area contributed by atoms with Gasteiger partial charge in [0.2, 0.25) is 0 Å². The highest BCUT2D eigenvalue weighted by Gasteiger charge is 1.99. The average Bonchev–Trinajstić information content (AvgIpc) is 2.71. The van der Waals surface area contributed by atoms with E-state index in [1.807, 2.05) is 0 Å². The second-order valence-corrected chi connectivity index (χ2v) is 2.65. The highest BCUT2D eigenvalue weighted by atomic mass is 16.5. The molecule has 0 aliphatic heterocycles. The fraction of sp³-hybridized carbons (Fsp3) is 0. The van der Waals surface area contributed by atoms with Gasteiger partial charge in [0.1, 0.15) is 18.2 Å². The maximum Gasteiger partial charge on any atom is 0.186 e. The summed E-state index contributed by atoms with van der Waals surface area (Å²) in [4.78, 5) is 10.5. The lowest BCUT2D eigenvalue weighted by molar-refractivity contribution is 0.112. The molecule has 0 aliphatic rings. The number of hydrogen-bond acceptors (Lipinski definition) is 4. The van der Waals surface area contributed by atoms with Gasteiger partial charge in [0.25, 0.3) is 0 Å². The molecule has 0 atom stereocenters. The van der Waals surface area contributed by atoms with Gasteiger partial charge in [0, 0.05) is 5.56 Å². The van der Waals surface area contributed by atoms with Gasteiger partial charge < -0.3 is 9.26 Å². The van der Waals surface area contributed by atoms with Crippen LogP contribution in [0.1, 0.15) is 10.4 Å². The van der Waals surface area contributed by atoms with Crippen molar-refractivity contribution in [2.24, 2.45) is 0 Å². The maximum absolute atomic E-state index is 10.5. The molecule has 2 aromatic rings. The van der Waals surface area contributed by atoms with E-state index in [1.165, 1.54) is 12.5 Å². The summed E-state index contributed by atoms with van der Waals surface area (Å²) in [5.74, 6) is 1.09. The van der Waals surface area contributed by atoms with Crippen LogP contribution in [0.25, 0.3) is 0 Å². The second-order valence-electron chi connectivity index (χ2n) is 2.65. The quantitative estimate of drug-likeness (QED) is 0.695. The van der Waals surface area contributed by atoms with Crippen LogP contribution >= 0.6 is 0 Å². The number of rotatable bonds is 3. The van der Waals surface area contributed by atoms with Crippen LogP contribution in [-0.2, 0) is 0 Å². The molecule has 0 saturated heterocycles. The molecule has 0 N–H and O–H groups in total. The number of nitrogens with zero attached hydrogens (tertiary/aromatic N) is 1. The Morgan fingerprint density at radius 1 is 1.36 bits per heavy atom. The fourth-order valence-corrected chi connectivity index (χ4v) is 1.03. The summed E-state index contributed by atoms with van der Waals surface area (Å²) in [6.45, 7) is 0. The van der Waals surface area contributed by atoms with Crippen molar-refractivity contribution in [3.05, 3.63) is 42.3 Å². The van der Waals surface area contributed by atoms with Gasteiger partial charge in [0.05, 0.1) is 0 Å². The minimum absolute atomic E-state index is 0.507. The number of carbonyl (C=O) groups excluding carboxylic acids is 1. The molecule has 0 bridgehead atoms. The molecule has 0 unspecified atom stereocenters. The van der Waals surface area contributed by atoms with Gasteiger partial charge in [-0.1, -0.05) is 17.3 Å². The summed E-state index contributed by atoms with van der Waals surface area (Å²) < 4.78 is 9.94. The van der Waals surface area contributed by atoms with E-state index < -0.39 is 0 Å². The summed E-state index contributed by atoms with van der Waals surface area (Å²) >= 11 is 0. The number of aldehydes is 1. The smallest absolute Gasteiger partial charge is 0.186 e. The molecule has 4 nitrogen and oxygen atoms in total. The van der Waals surface area contributed by atoms with E-state index in [-0.39, 0.29) is 0 Å². The van der Waals surface area contributed by atoms with Crippen LogP contribution in [0.5, 0.6) is 11.5 Å². The van der Waals surface area contributed by atoms with Crippen LogP contribution in [0, 0.1) is 0 Å². The summed E-state index contributed by atoms with van der Waals surface area (Å²) in [6.07, 6.45) is 3.60. The van der Waals surface area contributed by atoms with Crippen LogP contribution in [0.4, 0.5) is 0 Å². The highest BCUT2D eigenvalue weighted by Crippen LogP contribution is 2.20. The van der Waals surface area contributed by atoms with E-state index in [2.05, 4.69) is 9.68 Å². The lowest BCUT2D eigenvalue weighted by Crippen LogP contribution is -1.84. The number of hydrogen-bond donors (Lipinski definition) is 0. The number of aromatic nitrogens is 1. The fourth-order valence-electron chi connectivity index (χ4n) is 1.03. The molecule has 1 aromatic carbocycles. The topological polar surface area (TPSA) is 52.3 Å². The normalized spacial score (nSPS) is 9.71. The monoisotopic (exact) mass is 189 g/mol. The maximum atomic E-state index is 10.5. The molecule has 0 amide bonds. The van der Waals surface area contributed by atoms with Crippen molar-refractivity contribution in [2.75, 3.05) is 0 Å².